The van der Waals surface area contributed by atoms with Crippen LogP contribution in [-0.2, 0) is 15.9 Å². The summed E-state index contributed by atoms with van der Waals surface area (Å²) in [6, 6.07) is 6.83. The van der Waals surface area contributed by atoms with E-state index in [0.717, 1.165) is 25.7 Å². The van der Waals surface area contributed by atoms with Gasteiger partial charge in [0, 0.05) is 6.61 Å². The van der Waals surface area contributed by atoms with Crippen molar-refractivity contribution in [3.63, 3.8) is 0 Å². The number of benzene rings is 1. The average molecular weight is 353 g/mol. The van der Waals surface area contributed by atoms with Gasteiger partial charge in [0.2, 0.25) is 0 Å². The van der Waals surface area contributed by atoms with Gasteiger partial charge >= 0.3 is 0 Å². The SMILES string of the molecule is CCCCCCCCCC(CCCc1ccc(F)cc1)OCOCC. The number of rotatable bonds is 16. The summed E-state index contributed by atoms with van der Waals surface area (Å²) in [6.45, 7) is 5.34. The minimum Gasteiger partial charge on any atom is -0.356 e. The Morgan fingerprint density at radius 2 is 1.48 bits per heavy atom. The molecule has 0 heterocycles. The molecule has 0 aliphatic rings. The van der Waals surface area contributed by atoms with Gasteiger partial charge in [0.05, 0.1) is 6.10 Å². The van der Waals surface area contributed by atoms with E-state index in [0.29, 0.717) is 13.4 Å². The van der Waals surface area contributed by atoms with E-state index >= 15 is 0 Å². The van der Waals surface area contributed by atoms with Crippen LogP contribution in [0.5, 0.6) is 0 Å². The van der Waals surface area contributed by atoms with Crippen LogP contribution in [0.4, 0.5) is 4.39 Å². The molecular formula is C22H37FO2. The summed E-state index contributed by atoms with van der Waals surface area (Å²) in [5.41, 5.74) is 1.20. The van der Waals surface area contributed by atoms with Crippen LogP contribution in [0.2, 0.25) is 0 Å². The number of hydrogen-bond donors (Lipinski definition) is 0. The van der Waals surface area contributed by atoms with Crippen LogP contribution in [0.25, 0.3) is 0 Å². The molecule has 1 rings (SSSR count). The quantitative estimate of drug-likeness (QED) is 0.244. The van der Waals surface area contributed by atoms with E-state index in [1.54, 1.807) is 0 Å². The zero-order valence-electron chi connectivity index (χ0n) is 16.3. The molecule has 1 aromatic rings. The van der Waals surface area contributed by atoms with Gasteiger partial charge in [0.1, 0.15) is 12.6 Å². The van der Waals surface area contributed by atoms with Gasteiger partial charge in [-0.25, -0.2) is 4.39 Å². The molecule has 0 saturated carbocycles. The maximum absolute atomic E-state index is 12.9. The van der Waals surface area contributed by atoms with Gasteiger partial charge in [-0.15, -0.1) is 0 Å². The molecule has 0 aliphatic carbocycles. The van der Waals surface area contributed by atoms with Gasteiger partial charge in [0.25, 0.3) is 0 Å². The first-order valence-electron chi connectivity index (χ1n) is 10.2. The Balaban J connectivity index is 2.20. The zero-order chi connectivity index (χ0) is 18.2. The Hall–Kier alpha value is -0.930. The van der Waals surface area contributed by atoms with E-state index in [-0.39, 0.29) is 11.9 Å². The molecule has 1 atom stereocenters. The summed E-state index contributed by atoms with van der Waals surface area (Å²) in [5.74, 6) is -0.166. The molecule has 0 aromatic heterocycles. The lowest BCUT2D eigenvalue weighted by Gasteiger charge is -2.18. The van der Waals surface area contributed by atoms with Crippen molar-refractivity contribution in [2.24, 2.45) is 0 Å². The van der Waals surface area contributed by atoms with E-state index in [1.807, 2.05) is 19.1 Å². The normalized spacial score (nSPS) is 12.4. The van der Waals surface area contributed by atoms with Crippen molar-refractivity contribution < 1.29 is 13.9 Å². The highest BCUT2D eigenvalue weighted by Crippen LogP contribution is 2.16. The first-order chi connectivity index (χ1) is 12.3. The van der Waals surface area contributed by atoms with Crippen LogP contribution in [0.3, 0.4) is 0 Å². The smallest absolute Gasteiger partial charge is 0.147 e. The molecule has 1 aromatic carbocycles. The topological polar surface area (TPSA) is 18.5 Å². The van der Waals surface area contributed by atoms with E-state index in [1.165, 1.54) is 62.6 Å². The highest BCUT2D eigenvalue weighted by molar-refractivity contribution is 5.15. The molecule has 0 saturated heterocycles. The van der Waals surface area contributed by atoms with Gasteiger partial charge in [-0.1, -0.05) is 64.0 Å². The first kappa shape index (κ1) is 22.1. The van der Waals surface area contributed by atoms with Gasteiger partial charge < -0.3 is 9.47 Å². The Morgan fingerprint density at radius 3 is 2.16 bits per heavy atom. The van der Waals surface area contributed by atoms with E-state index < -0.39 is 0 Å². The van der Waals surface area contributed by atoms with Crippen molar-refractivity contribution in [2.45, 2.75) is 90.6 Å². The highest BCUT2D eigenvalue weighted by atomic mass is 19.1. The predicted octanol–water partition coefficient (Wildman–Crippen LogP) is 6.67. The third-order valence-electron chi connectivity index (χ3n) is 4.63. The summed E-state index contributed by atoms with van der Waals surface area (Å²) in [4.78, 5) is 0. The van der Waals surface area contributed by atoms with Crippen molar-refractivity contribution in [1.82, 2.24) is 0 Å². The van der Waals surface area contributed by atoms with E-state index in [9.17, 15) is 4.39 Å². The van der Waals surface area contributed by atoms with Gasteiger partial charge in [-0.3, -0.25) is 0 Å². The number of ether oxygens (including phenoxy) is 2. The minimum atomic E-state index is -0.166. The van der Waals surface area contributed by atoms with Crippen LogP contribution in [0.15, 0.2) is 24.3 Å². The van der Waals surface area contributed by atoms with Gasteiger partial charge in [0.15, 0.2) is 0 Å². The first-order valence-corrected chi connectivity index (χ1v) is 10.2. The van der Waals surface area contributed by atoms with Crippen molar-refractivity contribution in [2.75, 3.05) is 13.4 Å². The molecule has 0 bridgehead atoms. The van der Waals surface area contributed by atoms with Crippen LogP contribution in [0, 0.1) is 5.82 Å². The summed E-state index contributed by atoms with van der Waals surface area (Å²) in [7, 11) is 0. The van der Waals surface area contributed by atoms with Crippen LogP contribution in [0.1, 0.15) is 83.6 Å². The second kappa shape index (κ2) is 15.3. The molecule has 25 heavy (non-hydrogen) atoms. The Bertz CT molecular complexity index is 405. The largest absolute Gasteiger partial charge is 0.356 e. The summed E-state index contributed by atoms with van der Waals surface area (Å²) < 4.78 is 24.2. The second-order valence-electron chi connectivity index (χ2n) is 6.83. The van der Waals surface area contributed by atoms with Crippen molar-refractivity contribution in [3.8, 4) is 0 Å². The predicted molar refractivity (Wildman–Crippen MR) is 103 cm³/mol. The second-order valence-corrected chi connectivity index (χ2v) is 6.83. The fourth-order valence-corrected chi connectivity index (χ4v) is 3.05. The molecule has 144 valence electrons. The molecule has 0 spiro atoms. The average Bonchev–Trinajstić information content (AvgIpc) is 2.62. The summed E-state index contributed by atoms with van der Waals surface area (Å²) in [6.07, 6.45) is 13.8. The lowest BCUT2D eigenvalue weighted by Crippen LogP contribution is -2.16. The number of halogens is 1. The molecule has 1 unspecified atom stereocenters. The third-order valence-corrected chi connectivity index (χ3v) is 4.63. The summed E-state index contributed by atoms with van der Waals surface area (Å²) >= 11 is 0. The Kier molecular flexibility index (Phi) is 13.6. The molecule has 0 fully saturated rings. The lowest BCUT2D eigenvalue weighted by molar-refractivity contribution is -0.0912. The standard InChI is InChI=1S/C22H37FO2/c1-3-5-6-7-8-9-10-13-22(25-19-24-4-2)14-11-12-20-15-17-21(23)18-16-20/h15-18,22H,3-14,19H2,1-2H3. The van der Waals surface area contributed by atoms with Crippen molar-refractivity contribution >= 4 is 0 Å². The van der Waals surface area contributed by atoms with Gasteiger partial charge in [-0.05, 0) is 50.3 Å². The molecule has 0 radical (unpaired) electrons. The van der Waals surface area contributed by atoms with Crippen LogP contribution in [-0.4, -0.2) is 19.5 Å². The van der Waals surface area contributed by atoms with E-state index in [4.69, 9.17) is 9.47 Å². The Morgan fingerprint density at radius 1 is 0.840 bits per heavy atom. The fraction of sp³-hybridized carbons (Fsp3) is 0.727. The molecule has 2 nitrogen and oxygen atoms in total. The van der Waals surface area contributed by atoms with Crippen LogP contribution < -0.4 is 0 Å². The number of aryl methyl sites for hydroxylation is 1. The molecule has 0 aliphatic heterocycles. The van der Waals surface area contributed by atoms with Gasteiger partial charge in [-0.2, -0.15) is 0 Å². The third kappa shape index (κ3) is 12.1. The number of unbranched alkanes of at least 4 members (excludes halogenated alkanes) is 6. The molecule has 0 N–H and O–H groups in total. The highest BCUT2D eigenvalue weighted by Gasteiger charge is 2.09. The minimum absolute atomic E-state index is 0.166. The van der Waals surface area contributed by atoms with Crippen LogP contribution >= 0.6 is 0 Å². The molecule has 3 heteroatoms. The number of hydrogen-bond acceptors (Lipinski definition) is 2. The fourth-order valence-electron chi connectivity index (χ4n) is 3.05. The Labute approximate surface area is 154 Å². The van der Waals surface area contributed by atoms with Crippen molar-refractivity contribution in [3.05, 3.63) is 35.6 Å². The zero-order valence-corrected chi connectivity index (χ0v) is 16.3. The maximum atomic E-state index is 12.9. The maximum Gasteiger partial charge on any atom is 0.147 e. The van der Waals surface area contributed by atoms with Crippen molar-refractivity contribution in [1.29, 1.82) is 0 Å². The molecule has 0 amide bonds. The summed E-state index contributed by atoms with van der Waals surface area (Å²) in [5, 5.41) is 0. The molecular weight excluding hydrogens is 315 g/mol. The lowest BCUT2D eigenvalue weighted by atomic mass is 10.0. The van der Waals surface area contributed by atoms with E-state index in [2.05, 4.69) is 6.92 Å². The monoisotopic (exact) mass is 352 g/mol.